The van der Waals surface area contributed by atoms with E-state index in [1.165, 1.54) is 0 Å². The maximum absolute atomic E-state index is 9.75. The summed E-state index contributed by atoms with van der Waals surface area (Å²) < 4.78 is 5.20. The smallest absolute Gasteiger partial charge is 0.125 e. The molecule has 0 bridgehead atoms. The van der Waals surface area contributed by atoms with Crippen LogP contribution in [-0.2, 0) is 4.74 Å². The maximum Gasteiger partial charge on any atom is 0.125 e. The molecule has 1 saturated carbocycles. The normalized spacial score (nSPS) is 60.2. The van der Waals surface area contributed by atoms with E-state index in [4.69, 9.17) is 9.84 Å². The van der Waals surface area contributed by atoms with Gasteiger partial charge in [-0.05, 0) is 0 Å². The Labute approximate surface area is 75.6 Å². The molecule has 0 amide bonds. The molecule has 1 heterocycles. The van der Waals surface area contributed by atoms with E-state index in [9.17, 15) is 15.3 Å². The Bertz CT molecular complexity index is 221. The first kappa shape index (κ1) is 9.36. The highest BCUT2D eigenvalue weighted by molar-refractivity contribution is 5.21. The predicted molar refractivity (Wildman–Crippen MR) is 41.9 cm³/mol. The largest absolute Gasteiger partial charge is 0.394 e. The molecule has 4 N–H and O–H groups in total. The van der Waals surface area contributed by atoms with Gasteiger partial charge in [0.1, 0.15) is 23.9 Å². The van der Waals surface area contributed by atoms with Gasteiger partial charge < -0.3 is 25.2 Å². The van der Waals surface area contributed by atoms with Crippen LogP contribution in [0.4, 0.5) is 0 Å². The van der Waals surface area contributed by atoms with Crippen molar-refractivity contribution in [1.82, 2.24) is 0 Å². The molecule has 0 radical (unpaired) electrons. The Balaban J connectivity index is 2.17. The van der Waals surface area contributed by atoms with E-state index in [-0.39, 0.29) is 12.5 Å². The van der Waals surface area contributed by atoms with Crippen molar-refractivity contribution in [3.63, 3.8) is 0 Å². The molecule has 0 aromatic carbocycles. The number of ether oxygens (including phenoxy) is 1. The molecule has 6 unspecified atom stereocenters. The summed E-state index contributed by atoms with van der Waals surface area (Å²) >= 11 is 0. The third-order valence-electron chi connectivity index (χ3n) is 3.21. The zero-order valence-electron chi connectivity index (χ0n) is 7.29. The molecule has 5 nitrogen and oxygen atoms in total. The zero-order chi connectivity index (χ0) is 9.80. The highest BCUT2D eigenvalue weighted by Crippen LogP contribution is 2.53. The van der Waals surface area contributed by atoms with Gasteiger partial charge in [0.25, 0.3) is 0 Å². The summed E-state index contributed by atoms with van der Waals surface area (Å²) in [5.74, 6) is -0.186. The second kappa shape index (κ2) is 2.65. The molecule has 13 heavy (non-hydrogen) atoms. The lowest BCUT2D eigenvalue weighted by Gasteiger charge is -2.33. The minimum Gasteiger partial charge on any atom is -0.394 e. The van der Waals surface area contributed by atoms with E-state index in [0.29, 0.717) is 0 Å². The predicted octanol–water partition coefficient (Wildman–Crippen LogP) is -2.15. The van der Waals surface area contributed by atoms with E-state index in [1.54, 1.807) is 6.92 Å². The summed E-state index contributed by atoms with van der Waals surface area (Å²) in [6.45, 7) is 1.39. The summed E-state index contributed by atoms with van der Waals surface area (Å²) in [5, 5.41) is 37.5. The van der Waals surface area contributed by atoms with Gasteiger partial charge in [0.2, 0.25) is 0 Å². The second-order valence-electron chi connectivity index (χ2n) is 3.89. The number of rotatable bonds is 1. The van der Waals surface area contributed by atoms with Gasteiger partial charge >= 0.3 is 0 Å². The Morgan fingerprint density at radius 3 is 2.54 bits per heavy atom. The highest BCUT2D eigenvalue weighted by atomic mass is 16.6. The molecule has 2 aliphatic rings. The van der Waals surface area contributed by atoms with Crippen molar-refractivity contribution in [3.8, 4) is 0 Å². The van der Waals surface area contributed by atoms with Crippen LogP contribution in [0.5, 0.6) is 0 Å². The van der Waals surface area contributed by atoms with Crippen molar-refractivity contribution in [2.75, 3.05) is 6.61 Å². The number of hydrogen-bond donors (Lipinski definition) is 4. The van der Waals surface area contributed by atoms with Gasteiger partial charge in [0, 0.05) is 5.92 Å². The fourth-order valence-electron chi connectivity index (χ4n) is 2.09. The zero-order valence-corrected chi connectivity index (χ0v) is 7.29. The van der Waals surface area contributed by atoms with Gasteiger partial charge in [-0.2, -0.15) is 0 Å². The number of fused-ring (bicyclic) bond motifs is 1. The van der Waals surface area contributed by atoms with E-state index >= 15 is 0 Å². The molecule has 0 aromatic heterocycles. The molecule has 2 rings (SSSR count). The number of aliphatic hydroxyl groups excluding tert-OH is 3. The van der Waals surface area contributed by atoms with Crippen LogP contribution in [0.1, 0.15) is 6.92 Å². The van der Waals surface area contributed by atoms with Crippen molar-refractivity contribution >= 4 is 0 Å². The molecule has 1 saturated heterocycles. The van der Waals surface area contributed by atoms with Crippen LogP contribution in [0.3, 0.4) is 0 Å². The van der Waals surface area contributed by atoms with Crippen LogP contribution in [0, 0.1) is 5.92 Å². The molecule has 2 fully saturated rings. The lowest BCUT2D eigenvalue weighted by Crippen LogP contribution is -2.54. The van der Waals surface area contributed by atoms with Crippen LogP contribution >= 0.6 is 0 Å². The molecule has 1 aliphatic carbocycles. The Morgan fingerprint density at radius 1 is 1.38 bits per heavy atom. The Hall–Kier alpha value is -0.200. The highest BCUT2D eigenvalue weighted by Gasteiger charge is 2.72. The van der Waals surface area contributed by atoms with Gasteiger partial charge in [0.15, 0.2) is 0 Å². The second-order valence-corrected chi connectivity index (χ2v) is 3.89. The average Bonchev–Trinajstić information content (AvgIpc) is 2.65. The third kappa shape index (κ3) is 0.992. The first-order chi connectivity index (χ1) is 6.03. The van der Waals surface area contributed by atoms with Crippen LogP contribution < -0.4 is 0 Å². The fraction of sp³-hybridized carbons (Fsp3) is 1.00. The lowest BCUT2D eigenvalue weighted by atomic mass is 9.98. The van der Waals surface area contributed by atoms with E-state index in [1.807, 2.05) is 0 Å². The van der Waals surface area contributed by atoms with Gasteiger partial charge in [-0.15, -0.1) is 0 Å². The van der Waals surface area contributed by atoms with Crippen molar-refractivity contribution < 1.29 is 25.2 Å². The van der Waals surface area contributed by atoms with E-state index in [0.717, 1.165) is 0 Å². The summed E-state index contributed by atoms with van der Waals surface area (Å²) in [5.41, 5.74) is -1.31. The minimum atomic E-state index is -1.31. The lowest BCUT2D eigenvalue weighted by molar-refractivity contribution is -0.197. The van der Waals surface area contributed by atoms with Crippen molar-refractivity contribution in [2.45, 2.75) is 36.9 Å². The molecule has 1 aliphatic heterocycles. The Morgan fingerprint density at radius 2 is 2.00 bits per heavy atom. The van der Waals surface area contributed by atoms with Gasteiger partial charge in [0.05, 0.1) is 12.7 Å². The van der Waals surface area contributed by atoms with E-state index in [2.05, 4.69) is 0 Å². The maximum atomic E-state index is 9.75. The number of hydrogen-bond acceptors (Lipinski definition) is 5. The van der Waals surface area contributed by atoms with Gasteiger partial charge in [-0.3, -0.25) is 0 Å². The van der Waals surface area contributed by atoms with Crippen LogP contribution in [0.15, 0.2) is 0 Å². The number of aliphatic hydroxyl groups is 4. The molecule has 0 aromatic rings. The Kier molecular flexibility index (Phi) is 1.91. The average molecular weight is 190 g/mol. The summed E-state index contributed by atoms with van der Waals surface area (Å²) in [6, 6.07) is 0. The minimum absolute atomic E-state index is 0.186. The summed E-state index contributed by atoms with van der Waals surface area (Å²) in [4.78, 5) is 0. The molecule has 6 atom stereocenters. The fourth-order valence-corrected chi connectivity index (χ4v) is 2.09. The van der Waals surface area contributed by atoms with Crippen molar-refractivity contribution in [2.24, 2.45) is 5.92 Å². The first-order valence-electron chi connectivity index (χ1n) is 4.38. The first-order valence-corrected chi connectivity index (χ1v) is 4.38. The molecule has 5 heteroatoms. The molecular weight excluding hydrogens is 176 g/mol. The van der Waals surface area contributed by atoms with Crippen molar-refractivity contribution in [3.05, 3.63) is 0 Å². The quantitative estimate of drug-likeness (QED) is 0.378. The van der Waals surface area contributed by atoms with E-state index < -0.39 is 30.0 Å². The van der Waals surface area contributed by atoms with Crippen LogP contribution in [0.25, 0.3) is 0 Å². The van der Waals surface area contributed by atoms with Gasteiger partial charge in [-0.25, -0.2) is 0 Å². The molecular formula is C8H14O5. The molecule has 76 valence electrons. The van der Waals surface area contributed by atoms with Crippen molar-refractivity contribution in [1.29, 1.82) is 0 Å². The topological polar surface area (TPSA) is 90.2 Å². The third-order valence-corrected chi connectivity index (χ3v) is 3.21. The summed E-state index contributed by atoms with van der Waals surface area (Å²) in [7, 11) is 0. The van der Waals surface area contributed by atoms with Crippen LogP contribution in [-0.4, -0.2) is 57.0 Å². The molecule has 0 spiro atoms. The monoisotopic (exact) mass is 190 g/mol. The van der Waals surface area contributed by atoms with Gasteiger partial charge in [-0.1, -0.05) is 6.92 Å². The SMILES string of the molecule is CC1C2OC(CO)C(O)C(O)C12O. The summed E-state index contributed by atoms with van der Waals surface area (Å²) in [6.07, 6.45) is -3.68. The standard InChI is InChI=1S/C8H14O5/c1-3-7-8(3,12)6(11)5(10)4(2-9)13-7/h3-7,9-12H,2H2,1H3. The van der Waals surface area contributed by atoms with Crippen LogP contribution in [0.2, 0.25) is 0 Å².